The zero-order valence-corrected chi connectivity index (χ0v) is 11.4. The largest absolute Gasteiger partial charge is 0.387 e. The maximum absolute atomic E-state index is 10.00. The number of hydrogen-bond acceptors (Lipinski definition) is 2. The Bertz CT molecular complexity index is 282. The van der Waals surface area contributed by atoms with Gasteiger partial charge in [0.15, 0.2) is 0 Å². The first-order chi connectivity index (χ1) is 7.17. The molecule has 1 atom stereocenters. The van der Waals surface area contributed by atoms with Crippen LogP contribution in [0.2, 0.25) is 0 Å². The lowest BCUT2D eigenvalue weighted by atomic mass is 10.1. The van der Waals surface area contributed by atoms with E-state index in [1.54, 1.807) is 0 Å². The van der Waals surface area contributed by atoms with Crippen molar-refractivity contribution in [1.82, 2.24) is 4.90 Å². The van der Waals surface area contributed by atoms with Gasteiger partial charge in [0.25, 0.3) is 0 Å². The van der Waals surface area contributed by atoms with E-state index in [1.807, 2.05) is 24.3 Å². The van der Waals surface area contributed by atoms with Crippen molar-refractivity contribution in [2.45, 2.75) is 20.0 Å². The molecule has 1 aromatic rings. The molecule has 0 aliphatic heterocycles. The molecule has 0 spiro atoms. The zero-order valence-electron chi connectivity index (χ0n) is 9.28. The first-order valence-electron chi connectivity index (χ1n) is 5.33. The topological polar surface area (TPSA) is 23.5 Å². The van der Waals surface area contributed by atoms with Gasteiger partial charge in [-0.1, -0.05) is 26.0 Å². The zero-order chi connectivity index (χ0) is 11.3. The minimum atomic E-state index is -0.373. The molecule has 0 heterocycles. The van der Waals surface area contributed by atoms with Crippen molar-refractivity contribution in [3.8, 4) is 0 Å². The molecule has 1 aromatic carbocycles. The fourth-order valence-electron chi connectivity index (χ4n) is 1.52. The Hall–Kier alpha value is -0.130. The lowest BCUT2D eigenvalue weighted by Crippen LogP contribution is -2.28. The summed E-state index contributed by atoms with van der Waals surface area (Å²) in [6.07, 6.45) is -0.373. The van der Waals surface area contributed by atoms with Crippen LogP contribution in [0.3, 0.4) is 0 Å². The van der Waals surface area contributed by atoms with Crippen LogP contribution in [0.4, 0.5) is 0 Å². The van der Waals surface area contributed by atoms with Crippen LogP contribution in [0, 0.1) is 3.57 Å². The van der Waals surface area contributed by atoms with Crippen molar-refractivity contribution in [2.75, 3.05) is 19.6 Å². The van der Waals surface area contributed by atoms with Gasteiger partial charge in [-0.15, -0.1) is 0 Å². The molecule has 2 nitrogen and oxygen atoms in total. The van der Waals surface area contributed by atoms with Crippen LogP contribution >= 0.6 is 22.6 Å². The third kappa shape index (κ3) is 4.09. The Morgan fingerprint density at radius 3 is 2.20 bits per heavy atom. The summed E-state index contributed by atoms with van der Waals surface area (Å²) in [7, 11) is 0. The number of hydrogen-bond donors (Lipinski definition) is 1. The summed E-state index contributed by atoms with van der Waals surface area (Å²) in [4.78, 5) is 2.22. The predicted molar refractivity (Wildman–Crippen MR) is 71.9 cm³/mol. The van der Waals surface area contributed by atoms with E-state index in [-0.39, 0.29) is 6.10 Å². The Morgan fingerprint density at radius 1 is 1.20 bits per heavy atom. The molecule has 3 heteroatoms. The monoisotopic (exact) mass is 319 g/mol. The summed E-state index contributed by atoms with van der Waals surface area (Å²) in [5, 5.41) is 10.00. The Morgan fingerprint density at radius 2 is 1.73 bits per heavy atom. The first kappa shape index (κ1) is 12.9. The maximum atomic E-state index is 10.00. The average molecular weight is 319 g/mol. The predicted octanol–water partition coefficient (Wildman–Crippen LogP) is 2.67. The lowest BCUT2D eigenvalue weighted by molar-refractivity contribution is 0.119. The minimum absolute atomic E-state index is 0.373. The van der Waals surface area contributed by atoms with Crippen molar-refractivity contribution in [3.63, 3.8) is 0 Å². The van der Waals surface area contributed by atoms with E-state index < -0.39 is 0 Å². The molecule has 0 saturated heterocycles. The van der Waals surface area contributed by atoms with E-state index in [0.717, 1.165) is 18.7 Å². The standard InChI is InChI=1S/C12H18INO/c1-3-14(4-2)9-12(15)10-5-7-11(13)8-6-10/h5-8,12,15H,3-4,9H2,1-2H3. The Balaban J connectivity index is 2.60. The first-order valence-corrected chi connectivity index (χ1v) is 6.41. The number of benzene rings is 1. The smallest absolute Gasteiger partial charge is 0.0916 e. The molecule has 1 N–H and O–H groups in total. The van der Waals surface area contributed by atoms with Crippen molar-refractivity contribution in [3.05, 3.63) is 33.4 Å². The average Bonchev–Trinajstić information content (AvgIpc) is 2.26. The summed E-state index contributed by atoms with van der Waals surface area (Å²) in [5.74, 6) is 0. The fraction of sp³-hybridized carbons (Fsp3) is 0.500. The van der Waals surface area contributed by atoms with Crippen LogP contribution in [-0.2, 0) is 0 Å². The molecule has 0 bridgehead atoms. The van der Waals surface area contributed by atoms with Gasteiger partial charge in [0.1, 0.15) is 0 Å². The van der Waals surface area contributed by atoms with E-state index in [1.165, 1.54) is 3.57 Å². The summed E-state index contributed by atoms with van der Waals surface area (Å²) in [6, 6.07) is 8.05. The van der Waals surface area contributed by atoms with E-state index in [4.69, 9.17) is 0 Å². The highest BCUT2D eigenvalue weighted by molar-refractivity contribution is 14.1. The molecule has 1 unspecified atom stereocenters. The van der Waals surface area contributed by atoms with Crippen molar-refractivity contribution < 1.29 is 5.11 Å². The molecule has 15 heavy (non-hydrogen) atoms. The van der Waals surface area contributed by atoms with E-state index in [9.17, 15) is 5.11 Å². The quantitative estimate of drug-likeness (QED) is 0.844. The van der Waals surface area contributed by atoms with Crippen LogP contribution in [0.5, 0.6) is 0 Å². The third-order valence-electron chi connectivity index (χ3n) is 2.58. The molecule has 0 radical (unpaired) electrons. The van der Waals surface area contributed by atoms with Gasteiger partial charge in [-0.05, 0) is 53.4 Å². The second kappa shape index (κ2) is 6.45. The summed E-state index contributed by atoms with van der Waals surface area (Å²) in [6.45, 7) is 6.91. The highest BCUT2D eigenvalue weighted by Gasteiger charge is 2.10. The molecule has 0 aromatic heterocycles. The number of halogens is 1. The van der Waals surface area contributed by atoms with Gasteiger partial charge >= 0.3 is 0 Å². The van der Waals surface area contributed by atoms with Crippen LogP contribution < -0.4 is 0 Å². The van der Waals surface area contributed by atoms with Crippen molar-refractivity contribution >= 4 is 22.6 Å². The molecular weight excluding hydrogens is 301 g/mol. The summed E-state index contributed by atoms with van der Waals surface area (Å²) >= 11 is 2.27. The van der Waals surface area contributed by atoms with E-state index in [0.29, 0.717) is 6.54 Å². The summed E-state index contributed by atoms with van der Waals surface area (Å²) < 4.78 is 1.20. The number of likely N-dealkylation sites (N-methyl/N-ethyl adjacent to an activating group) is 1. The third-order valence-corrected chi connectivity index (χ3v) is 3.30. The second-order valence-corrected chi connectivity index (χ2v) is 4.80. The number of rotatable bonds is 5. The maximum Gasteiger partial charge on any atom is 0.0916 e. The molecule has 0 aliphatic carbocycles. The molecule has 0 aliphatic rings. The summed E-state index contributed by atoms with van der Waals surface area (Å²) in [5.41, 5.74) is 1.00. The Kier molecular flexibility index (Phi) is 5.56. The Labute approximate surface area is 105 Å². The van der Waals surface area contributed by atoms with Gasteiger partial charge in [-0.3, -0.25) is 0 Å². The molecule has 1 rings (SSSR count). The van der Waals surface area contributed by atoms with Crippen LogP contribution in [-0.4, -0.2) is 29.6 Å². The number of nitrogens with zero attached hydrogens (tertiary/aromatic N) is 1. The number of aliphatic hydroxyl groups is 1. The van der Waals surface area contributed by atoms with Crippen molar-refractivity contribution in [2.24, 2.45) is 0 Å². The second-order valence-electron chi connectivity index (χ2n) is 3.55. The molecule has 0 saturated carbocycles. The molecular formula is C12H18INO. The molecule has 0 fully saturated rings. The van der Waals surface area contributed by atoms with Gasteiger partial charge in [-0.25, -0.2) is 0 Å². The minimum Gasteiger partial charge on any atom is -0.387 e. The van der Waals surface area contributed by atoms with Crippen LogP contribution in [0.1, 0.15) is 25.5 Å². The normalized spacial score (nSPS) is 13.1. The molecule has 0 amide bonds. The highest BCUT2D eigenvalue weighted by Crippen LogP contribution is 2.15. The molecule has 84 valence electrons. The van der Waals surface area contributed by atoms with Gasteiger partial charge in [0.2, 0.25) is 0 Å². The van der Waals surface area contributed by atoms with Crippen LogP contribution in [0.25, 0.3) is 0 Å². The SMILES string of the molecule is CCN(CC)CC(O)c1ccc(I)cc1. The highest BCUT2D eigenvalue weighted by atomic mass is 127. The van der Waals surface area contributed by atoms with Gasteiger partial charge in [0, 0.05) is 10.1 Å². The van der Waals surface area contributed by atoms with Crippen molar-refractivity contribution in [1.29, 1.82) is 0 Å². The number of aliphatic hydroxyl groups excluding tert-OH is 1. The van der Waals surface area contributed by atoms with Crippen LogP contribution in [0.15, 0.2) is 24.3 Å². The van der Waals surface area contributed by atoms with Gasteiger partial charge < -0.3 is 10.0 Å². The van der Waals surface area contributed by atoms with Gasteiger partial charge in [-0.2, -0.15) is 0 Å². The van der Waals surface area contributed by atoms with E-state index in [2.05, 4.69) is 41.3 Å². The van der Waals surface area contributed by atoms with Gasteiger partial charge in [0.05, 0.1) is 6.10 Å². The lowest BCUT2D eigenvalue weighted by Gasteiger charge is -2.22. The van der Waals surface area contributed by atoms with E-state index >= 15 is 0 Å². The fourth-order valence-corrected chi connectivity index (χ4v) is 1.88.